The van der Waals surface area contributed by atoms with Gasteiger partial charge in [0, 0.05) is 25.2 Å². The van der Waals surface area contributed by atoms with Crippen LogP contribution in [0.3, 0.4) is 0 Å². The van der Waals surface area contributed by atoms with Crippen LogP contribution >= 0.6 is 0 Å². The molecule has 0 aromatic rings. The molecule has 0 saturated carbocycles. The third-order valence-corrected chi connectivity index (χ3v) is 4.27. The van der Waals surface area contributed by atoms with Crippen LogP contribution in [-0.4, -0.2) is 30.6 Å². The maximum Gasteiger partial charge on any atom is 0.305 e. The summed E-state index contributed by atoms with van der Waals surface area (Å²) in [5.74, 6) is 0.979. The van der Waals surface area contributed by atoms with Crippen LogP contribution < -0.4 is 0 Å². The summed E-state index contributed by atoms with van der Waals surface area (Å²) >= 11 is 0. The van der Waals surface area contributed by atoms with Crippen LogP contribution in [0.15, 0.2) is 11.8 Å². The second-order valence-corrected chi connectivity index (χ2v) is 6.57. The summed E-state index contributed by atoms with van der Waals surface area (Å²) in [4.78, 5) is 14.3. The van der Waals surface area contributed by atoms with E-state index in [1.165, 1.54) is 50.9 Å². The number of carbonyl (C=O) groups is 1. The standard InChI is InChI=1S/C17H29NO2/c1-14(2)13-20-17(19)10-9-15-7-3-4-8-16(15)18-11-5-6-12-18/h8,14-15H,3-7,9-13H2,1-2H3. The van der Waals surface area contributed by atoms with Gasteiger partial charge in [0.25, 0.3) is 0 Å². The van der Waals surface area contributed by atoms with Crippen LogP contribution in [0.2, 0.25) is 0 Å². The van der Waals surface area contributed by atoms with Crippen molar-refractivity contribution in [2.45, 2.75) is 58.8 Å². The smallest absolute Gasteiger partial charge is 0.305 e. The van der Waals surface area contributed by atoms with Gasteiger partial charge in [0.15, 0.2) is 0 Å². The molecule has 0 aromatic heterocycles. The number of esters is 1. The van der Waals surface area contributed by atoms with Crippen LogP contribution in [0.5, 0.6) is 0 Å². The van der Waals surface area contributed by atoms with Crippen molar-refractivity contribution in [1.29, 1.82) is 0 Å². The van der Waals surface area contributed by atoms with Gasteiger partial charge in [-0.05, 0) is 50.4 Å². The fourth-order valence-corrected chi connectivity index (χ4v) is 3.21. The monoisotopic (exact) mass is 279 g/mol. The lowest BCUT2D eigenvalue weighted by atomic mass is 9.88. The minimum atomic E-state index is -0.0231. The first kappa shape index (κ1) is 15.4. The fourth-order valence-electron chi connectivity index (χ4n) is 3.21. The van der Waals surface area contributed by atoms with Gasteiger partial charge in [0.2, 0.25) is 0 Å². The molecule has 2 rings (SSSR count). The molecule has 114 valence electrons. The molecule has 0 radical (unpaired) electrons. The van der Waals surface area contributed by atoms with E-state index in [4.69, 9.17) is 4.74 Å². The summed E-state index contributed by atoms with van der Waals surface area (Å²) in [5, 5.41) is 0. The Balaban J connectivity index is 1.79. The minimum Gasteiger partial charge on any atom is -0.465 e. The quantitative estimate of drug-likeness (QED) is 0.694. The Bertz CT molecular complexity index is 343. The Kier molecular flexibility index (Phi) is 5.93. The molecule has 1 aliphatic carbocycles. The van der Waals surface area contributed by atoms with Gasteiger partial charge in [-0.15, -0.1) is 0 Å². The van der Waals surface area contributed by atoms with E-state index in [1.807, 2.05) is 0 Å². The highest BCUT2D eigenvalue weighted by atomic mass is 16.5. The Morgan fingerprint density at radius 3 is 2.80 bits per heavy atom. The van der Waals surface area contributed by atoms with Crippen molar-refractivity contribution < 1.29 is 9.53 Å². The average Bonchev–Trinajstić information content (AvgIpc) is 2.97. The van der Waals surface area contributed by atoms with Crippen LogP contribution in [0.4, 0.5) is 0 Å². The molecule has 1 atom stereocenters. The van der Waals surface area contributed by atoms with Crippen molar-refractivity contribution in [3.05, 3.63) is 11.8 Å². The first-order valence-corrected chi connectivity index (χ1v) is 8.27. The highest BCUT2D eigenvalue weighted by Gasteiger charge is 2.25. The predicted molar refractivity (Wildman–Crippen MR) is 81.3 cm³/mol. The van der Waals surface area contributed by atoms with Crippen molar-refractivity contribution in [2.24, 2.45) is 11.8 Å². The molecule has 2 aliphatic rings. The number of ether oxygens (including phenoxy) is 1. The molecular weight excluding hydrogens is 250 g/mol. The molecule has 0 spiro atoms. The molecule has 1 fully saturated rings. The van der Waals surface area contributed by atoms with Crippen molar-refractivity contribution in [1.82, 2.24) is 4.90 Å². The van der Waals surface area contributed by atoms with Crippen LogP contribution in [0.1, 0.15) is 58.8 Å². The van der Waals surface area contributed by atoms with Gasteiger partial charge in [-0.1, -0.05) is 19.9 Å². The minimum absolute atomic E-state index is 0.0231. The SMILES string of the molecule is CC(C)COC(=O)CCC1CCCC=C1N1CCCC1. The van der Waals surface area contributed by atoms with Gasteiger partial charge in [-0.3, -0.25) is 4.79 Å². The highest BCUT2D eigenvalue weighted by molar-refractivity contribution is 5.69. The molecule has 0 aromatic carbocycles. The first-order chi connectivity index (χ1) is 9.66. The summed E-state index contributed by atoms with van der Waals surface area (Å²) in [7, 11) is 0. The first-order valence-electron chi connectivity index (χ1n) is 8.27. The summed E-state index contributed by atoms with van der Waals surface area (Å²) in [6.07, 6.45) is 10.3. The summed E-state index contributed by atoms with van der Waals surface area (Å²) in [6, 6.07) is 0. The molecule has 1 aliphatic heterocycles. The second-order valence-electron chi connectivity index (χ2n) is 6.57. The summed E-state index contributed by atoms with van der Waals surface area (Å²) in [5.41, 5.74) is 1.52. The molecule has 0 bridgehead atoms. The third kappa shape index (κ3) is 4.53. The Morgan fingerprint density at radius 2 is 2.10 bits per heavy atom. The number of carbonyl (C=O) groups excluding carboxylic acids is 1. The lowest BCUT2D eigenvalue weighted by Gasteiger charge is -2.32. The molecule has 0 N–H and O–H groups in total. The molecule has 1 unspecified atom stereocenters. The van der Waals surface area contributed by atoms with Crippen molar-refractivity contribution in [3.63, 3.8) is 0 Å². The second kappa shape index (κ2) is 7.70. The van der Waals surface area contributed by atoms with E-state index in [0.29, 0.717) is 24.9 Å². The van der Waals surface area contributed by atoms with Gasteiger partial charge in [0.05, 0.1) is 6.61 Å². The van der Waals surface area contributed by atoms with Crippen molar-refractivity contribution in [3.8, 4) is 0 Å². The van der Waals surface area contributed by atoms with Crippen molar-refractivity contribution in [2.75, 3.05) is 19.7 Å². The maximum absolute atomic E-state index is 11.8. The average molecular weight is 279 g/mol. The number of rotatable bonds is 6. The number of hydrogen-bond donors (Lipinski definition) is 0. The zero-order valence-electron chi connectivity index (χ0n) is 13.1. The lowest BCUT2D eigenvalue weighted by Crippen LogP contribution is -2.26. The molecular formula is C17H29NO2. The number of hydrogen-bond acceptors (Lipinski definition) is 3. The van der Waals surface area contributed by atoms with Gasteiger partial charge in [-0.2, -0.15) is 0 Å². The molecule has 3 nitrogen and oxygen atoms in total. The van der Waals surface area contributed by atoms with Crippen LogP contribution in [0, 0.1) is 11.8 Å². The third-order valence-electron chi connectivity index (χ3n) is 4.27. The van der Waals surface area contributed by atoms with Crippen molar-refractivity contribution >= 4 is 5.97 Å². The molecule has 1 saturated heterocycles. The number of allylic oxidation sites excluding steroid dienone is 2. The normalized spacial score (nSPS) is 23.1. The number of likely N-dealkylation sites (tertiary alicyclic amines) is 1. The zero-order valence-corrected chi connectivity index (χ0v) is 13.1. The van der Waals surface area contributed by atoms with E-state index < -0.39 is 0 Å². The van der Waals surface area contributed by atoms with E-state index in [-0.39, 0.29) is 5.97 Å². The lowest BCUT2D eigenvalue weighted by molar-refractivity contribution is -0.145. The Morgan fingerprint density at radius 1 is 1.35 bits per heavy atom. The zero-order chi connectivity index (χ0) is 14.4. The van der Waals surface area contributed by atoms with E-state index >= 15 is 0 Å². The Hall–Kier alpha value is -0.990. The highest BCUT2D eigenvalue weighted by Crippen LogP contribution is 2.33. The van der Waals surface area contributed by atoms with Gasteiger partial charge in [0.1, 0.15) is 0 Å². The summed E-state index contributed by atoms with van der Waals surface area (Å²) < 4.78 is 5.28. The maximum atomic E-state index is 11.8. The van der Waals surface area contributed by atoms with Gasteiger partial charge in [-0.25, -0.2) is 0 Å². The molecule has 20 heavy (non-hydrogen) atoms. The molecule has 0 amide bonds. The van der Waals surface area contributed by atoms with Gasteiger partial charge < -0.3 is 9.64 Å². The van der Waals surface area contributed by atoms with Crippen LogP contribution in [0.25, 0.3) is 0 Å². The van der Waals surface area contributed by atoms with Crippen LogP contribution in [-0.2, 0) is 9.53 Å². The Labute approximate surface area is 123 Å². The summed E-state index contributed by atoms with van der Waals surface area (Å²) in [6.45, 7) is 7.11. The topological polar surface area (TPSA) is 29.5 Å². The predicted octanol–water partition coefficient (Wildman–Crippen LogP) is 3.75. The van der Waals surface area contributed by atoms with E-state index in [0.717, 1.165) is 6.42 Å². The molecule has 3 heteroatoms. The number of nitrogens with zero attached hydrogens (tertiary/aromatic N) is 1. The molecule has 1 heterocycles. The van der Waals surface area contributed by atoms with Gasteiger partial charge >= 0.3 is 5.97 Å². The largest absolute Gasteiger partial charge is 0.465 e. The fraction of sp³-hybridized carbons (Fsp3) is 0.824. The van der Waals surface area contributed by atoms with E-state index in [2.05, 4.69) is 24.8 Å². The van der Waals surface area contributed by atoms with E-state index in [1.54, 1.807) is 0 Å². The van der Waals surface area contributed by atoms with E-state index in [9.17, 15) is 4.79 Å².